The first-order valence-corrected chi connectivity index (χ1v) is 8.56. The second-order valence-corrected chi connectivity index (χ2v) is 6.77. The Morgan fingerprint density at radius 2 is 1.87 bits per heavy atom. The summed E-state index contributed by atoms with van der Waals surface area (Å²) in [5.74, 6) is -0.895. The first-order chi connectivity index (χ1) is 11.0. The molecule has 1 aromatic rings. The highest BCUT2D eigenvalue weighted by molar-refractivity contribution is 5.66. The molecule has 0 unspecified atom stereocenters. The van der Waals surface area contributed by atoms with Crippen LogP contribution in [-0.2, 0) is 14.3 Å². The second-order valence-electron chi connectivity index (χ2n) is 6.77. The fourth-order valence-corrected chi connectivity index (χ4v) is 3.09. The molecule has 0 saturated carbocycles. The van der Waals surface area contributed by atoms with Crippen molar-refractivity contribution in [1.82, 2.24) is 0 Å². The summed E-state index contributed by atoms with van der Waals surface area (Å²) in [5.41, 5.74) is 1.21. The van der Waals surface area contributed by atoms with Crippen LogP contribution in [0, 0.1) is 5.92 Å². The van der Waals surface area contributed by atoms with Gasteiger partial charge in [0.25, 0.3) is 0 Å². The second kappa shape index (κ2) is 8.46. The minimum atomic E-state index is -0.703. The van der Waals surface area contributed by atoms with E-state index in [2.05, 4.69) is 12.1 Å². The zero-order chi connectivity index (χ0) is 16.7. The van der Waals surface area contributed by atoms with Crippen LogP contribution in [0.15, 0.2) is 30.3 Å². The molecule has 1 aliphatic heterocycles. The van der Waals surface area contributed by atoms with Crippen LogP contribution in [0.2, 0.25) is 0 Å². The molecule has 0 radical (unpaired) electrons. The minimum Gasteiger partial charge on any atom is -0.481 e. The average Bonchev–Trinajstić information content (AvgIpc) is 2.52. The van der Waals surface area contributed by atoms with E-state index < -0.39 is 11.8 Å². The van der Waals surface area contributed by atoms with Crippen LogP contribution in [-0.4, -0.2) is 23.5 Å². The van der Waals surface area contributed by atoms with E-state index in [1.165, 1.54) is 5.56 Å². The van der Waals surface area contributed by atoms with E-state index in [0.29, 0.717) is 12.5 Å². The number of aliphatic carboxylic acids is 1. The average molecular weight is 320 g/mol. The molecular weight excluding hydrogens is 292 g/mol. The van der Waals surface area contributed by atoms with Gasteiger partial charge in [-0.3, -0.25) is 4.79 Å². The molecule has 128 valence electrons. The Morgan fingerprint density at radius 1 is 1.17 bits per heavy atom. The maximum absolute atomic E-state index is 10.5. The van der Waals surface area contributed by atoms with Crippen LogP contribution in [0.3, 0.4) is 0 Å². The lowest BCUT2D eigenvalue weighted by atomic mass is 9.89. The van der Waals surface area contributed by atoms with Crippen LogP contribution in [0.1, 0.15) is 64.0 Å². The van der Waals surface area contributed by atoms with Crippen LogP contribution < -0.4 is 0 Å². The van der Waals surface area contributed by atoms with Gasteiger partial charge in [-0.2, -0.15) is 0 Å². The molecule has 0 aliphatic carbocycles. The van der Waals surface area contributed by atoms with Crippen molar-refractivity contribution < 1.29 is 19.4 Å². The van der Waals surface area contributed by atoms with E-state index in [0.717, 1.165) is 32.1 Å². The van der Waals surface area contributed by atoms with Crippen LogP contribution >= 0.6 is 0 Å². The van der Waals surface area contributed by atoms with Crippen molar-refractivity contribution in [3.05, 3.63) is 35.9 Å². The molecular formula is C19H28O4. The van der Waals surface area contributed by atoms with Gasteiger partial charge in [0, 0.05) is 12.3 Å². The predicted octanol–water partition coefficient (Wildman–Crippen LogP) is 4.55. The molecule has 2 rings (SSSR count). The van der Waals surface area contributed by atoms with Gasteiger partial charge in [0.2, 0.25) is 0 Å². The van der Waals surface area contributed by atoms with Crippen molar-refractivity contribution >= 4 is 5.97 Å². The van der Waals surface area contributed by atoms with Crippen LogP contribution in [0.5, 0.6) is 0 Å². The van der Waals surface area contributed by atoms with Crippen molar-refractivity contribution in [2.75, 3.05) is 6.61 Å². The Kier molecular flexibility index (Phi) is 6.60. The quantitative estimate of drug-likeness (QED) is 0.714. The van der Waals surface area contributed by atoms with Crippen molar-refractivity contribution in [3.8, 4) is 0 Å². The number of carboxylic acids is 1. The Labute approximate surface area is 138 Å². The van der Waals surface area contributed by atoms with E-state index in [1.807, 2.05) is 32.0 Å². The van der Waals surface area contributed by atoms with E-state index in [9.17, 15) is 4.79 Å². The lowest BCUT2D eigenvalue weighted by molar-refractivity contribution is -0.296. The van der Waals surface area contributed by atoms with Gasteiger partial charge in [0.15, 0.2) is 5.79 Å². The molecule has 0 aromatic heterocycles. The van der Waals surface area contributed by atoms with Crippen molar-refractivity contribution in [3.63, 3.8) is 0 Å². The Morgan fingerprint density at radius 3 is 2.57 bits per heavy atom. The SMILES string of the molecule is CC1(C)OC[C@@H](CCCCCCC(=O)O)[C@@H](c2ccccc2)O1. The summed E-state index contributed by atoms with van der Waals surface area (Å²) in [5, 5.41) is 8.65. The summed E-state index contributed by atoms with van der Waals surface area (Å²) in [6.07, 6.45) is 5.28. The van der Waals surface area contributed by atoms with Gasteiger partial charge < -0.3 is 14.6 Å². The summed E-state index contributed by atoms with van der Waals surface area (Å²) >= 11 is 0. The maximum atomic E-state index is 10.5. The predicted molar refractivity (Wildman–Crippen MR) is 89.1 cm³/mol. The third kappa shape index (κ3) is 5.96. The summed E-state index contributed by atoms with van der Waals surface area (Å²) < 4.78 is 12.0. The third-order valence-electron chi connectivity index (χ3n) is 4.33. The van der Waals surface area contributed by atoms with E-state index >= 15 is 0 Å². The summed E-state index contributed by atoms with van der Waals surface area (Å²) in [6.45, 7) is 4.64. The Hall–Kier alpha value is -1.39. The molecule has 1 aromatic carbocycles. The first-order valence-electron chi connectivity index (χ1n) is 8.56. The summed E-state index contributed by atoms with van der Waals surface area (Å²) in [4.78, 5) is 10.5. The number of ether oxygens (including phenoxy) is 2. The normalized spacial score (nSPS) is 23.6. The highest BCUT2D eigenvalue weighted by Gasteiger charge is 2.36. The third-order valence-corrected chi connectivity index (χ3v) is 4.33. The molecule has 2 atom stereocenters. The zero-order valence-corrected chi connectivity index (χ0v) is 14.2. The number of benzene rings is 1. The summed E-state index contributed by atoms with van der Waals surface area (Å²) in [6, 6.07) is 10.3. The van der Waals surface area contributed by atoms with Crippen molar-refractivity contribution in [2.45, 2.75) is 64.3 Å². The molecule has 0 spiro atoms. The molecule has 4 nitrogen and oxygen atoms in total. The Bertz CT molecular complexity index is 483. The van der Waals surface area contributed by atoms with E-state index in [-0.39, 0.29) is 12.5 Å². The molecule has 1 heterocycles. The lowest BCUT2D eigenvalue weighted by Crippen LogP contribution is -2.41. The molecule has 1 aliphatic rings. The largest absolute Gasteiger partial charge is 0.481 e. The number of carboxylic acid groups (broad SMARTS) is 1. The van der Waals surface area contributed by atoms with Gasteiger partial charge in [-0.1, -0.05) is 49.6 Å². The monoisotopic (exact) mass is 320 g/mol. The minimum absolute atomic E-state index is 0.0685. The van der Waals surface area contributed by atoms with Gasteiger partial charge in [-0.25, -0.2) is 0 Å². The highest BCUT2D eigenvalue weighted by atomic mass is 16.7. The van der Waals surface area contributed by atoms with Crippen LogP contribution in [0.4, 0.5) is 0 Å². The molecule has 1 fully saturated rings. The molecule has 1 N–H and O–H groups in total. The van der Waals surface area contributed by atoms with Gasteiger partial charge in [0.05, 0.1) is 12.7 Å². The van der Waals surface area contributed by atoms with E-state index in [4.69, 9.17) is 14.6 Å². The van der Waals surface area contributed by atoms with E-state index in [1.54, 1.807) is 0 Å². The first kappa shape index (κ1) is 18.0. The number of unbranched alkanes of at least 4 members (excludes halogenated alkanes) is 3. The van der Waals surface area contributed by atoms with Crippen molar-refractivity contribution in [2.24, 2.45) is 5.92 Å². The number of hydrogen-bond donors (Lipinski definition) is 1. The number of rotatable bonds is 8. The molecule has 1 saturated heterocycles. The standard InChI is InChI=1S/C19H28O4/c1-19(2)22-14-16(12-6-3-4-9-13-17(20)21)18(23-19)15-10-7-5-8-11-15/h5,7-8,10-11,16,18H,3-4,6,9,12-14H2,1-2H3,(H,20,21)/t16-,18-/m1/s1. The molecule has 0 bridgehead atoms. The fraction of sp³-hybridized carbons (Fsp3) is 0.632. The lowest BCUT2D eigenvalue weighted by Gasteiger charge is -2.41. The van der Waals surface area contributed by atoms with Gasteiger partial charge >= 0.3 is 5.97 Å². The summed E-state index contributed by atoms with van der Waals surface area (Å²) in [7, 11) is 0. The van der Waals surface area contributed by atoms with Crippen molar-refractivity contribution in [1.29, 1.82) is 0 Å². The number of hydrogen-bond acceptors (Lipinski definition) is 3. The molecule has 4 heteroatoms. The van der Waals surface area contributed by atoms with Gasteiger partial charge in [0.1, 0.15) is 0 Å². The highest BCUT2D eigenvalue weighted by Crippen LogP contribution is 2.39. The maximum Gasteiger partial charge on any atom is 0.303 e. The smallest absolute Gasteiger partial charge is 0.303 e. The topological polar surface area (TPSA) is 55.8 Å². The number of carbonyl (C=O) groups is 1. The van der Waals surface area contributed by atoms with Crippen LogP contribution in [0.25, 0.3) is 0 Å². The van der Waals surface area contributed by atoms with Gasteiger partial charge in [-0.05, 0) is 32.3 Å². The molecule has 0 amide bonds. The zero-order valence-electron chi connectivity index (χ0n) is 14.2. The van der Waals surface area contributed by atoms with Gasteiger partial charge in [-0.15, -0.1) is 0 Å². The Balaban J connectivity index is 1.84. The fourth-order valence-electron chi connectivity index (χ4n) is 3.09. The molecule has 23 heavy (non-hydrogen) atoms.